The average Bonchev–Trinajstić information content (AvgIpc) is 2.49. The summed E-state index contributed by atoms with van der Waals surface area (Å²) in [6.07, 6.45) is -0.868. The van der Waals surface area contributed by atoms with E-state index in [0.29, 0.717) is 0 Å². The summed E-state index contributed by atoms with van der Waals surface area (Å²) >= 11 is 0. The maximum Gasteiger partial charge on any atom is 0.324 e. The molecule has 0 aromatic heterocycles. The van der Waals surface area contributed by atoms with Crippen LogP contribution < -0.4 is 17.2 Å². The minimum absolute atomic E-state index is 0.0729. The van der Waals surface area contributed by atoms with E-state index in [1.807, 2.05) is 0 Å². The van der Waals surface area contributed by atoms with Crippen molar-refractivity contribution >= 4 is 29.8 Å². The lowest BCUT2D eigenvalue weighted by Gasteiger charge is -2.12. The molecule has 13 nitrogen and oxygen atoms in total. The number of nitrogens with two attached hydrogens (primary N) is 3. The maximum atomic E-state index is 11.1. The molecule has 144 valence electrons. The third-order valence-corrected chi connectivity index (χ3v) is 2.41. The Labute approximate surface area is 141 Å². The van der Waals surface area contributed by atoms with Gasteiger partial charge in [-0.2, -0.15) is 0 Å². The zero-order chi connectivity index (χ0) is 20.2. The number of carboxylic acids is 4. The monoisotopic (exact) mass is 367 g/mol. The van der Waals surface area contributed by atoms with Gasteiger partial charge in [-0.1, -0.05) is 0 Å². The summed E-state index contributed by atoms with van der Waals surface area (Å²) < 4.78 is 4.50. The Bertz CT molecular complexity index is 496. The highest BCUT2D eigenvalue weighted by molar-refractivity contribution is 5.80. The van der Waals surface area contributed by atoms with E-state index in [1.54, 1.807) is 0 Å². The molecule has 3 unspecified atom stereocenters. The van der Waals surface area contributed by atoms with Crippen LogP contribution in [0.2, 0.25) is 0 Å². The minimum Gasteiger partial charge on any atom is -0.481 e. The molecule has 0 aliphatic carbocycles. The highest BCUT2D eigenvalue weighted by Gasteiger charge is 2.19. The molecule has 0 amide bonds. The molecule has 13 heteroatoms. The van der Waals surface area contributed by atoms with E-state index in [9.17, 15) is 24.0 Å². The van der Waals surface area contributed by atoms with Gasteiger partial charge in [-0.05, 0) is 6.42 Å². The molecule has 0 bridgehead atoms. The quantitative estimate of drug-likeness (QED) is 0.190. The summed E-state index contributed by atoms with van der Waals surface area (Å²) in [4.78, 5) is 51.2. The van der Waals surface area contributed by atoms with E-state index in [0.717, 1.165) is 0 Å². The van der Waals surface area contributed by atoms with Crippen molar-refractivity contribution in [3.8, 4) is 0 Å². The largest absolute Gasteiger partial charge is 0.481 e. The standard InChI is InChI=1S/C8H14N2O6.C4H7NO4/c9-4(1-2-6(11)12)8(15)16-3-5(10)7(13)14;5-2(4(8)9)1-3(6)7/h4-5H,1-3,9-10H2,(H,11,12)(H,13,14);2H,1,5H2,(H,6,7)(H,8,9). The van der Waals surface area contributed by atoms with Crippen molar-refractivity contribution in [1.29, 1.82) is 0 Å². The van der Waals surface area contributed by atoms with Gasteiger partial charge >= 0.3 is 29.8 Å². The maximum absolute atomic E-state index is 11.1. The van der Waals surface area contributed by atoms with Gasteiger partial charge in [0.1, 0.15) is 24.7 Å². The Morgan fingerprint density at radius 3 is 1.56 bits per heavy atom. The van der Waals surface area contributed by atoms with E-state index >= 15 is 0 Å². The molecule has 0 aromatic carbocycles. The predicted octanol–water partition coefficient (Wildman–Crippen LogP) is -2.99. The highest BCUT2D eigenvalue weighted by atomic mass is 16.5. The fourth-order valence-electron chi connectivity index (χ4n) is 1.02. The van der Waals surface area contributed by atoms with Gasteiger partial charge in [-0.15, -0.1) is 0 Å². The van der Waals surface area contributed by atoms with Crippen LogP contribution in [0.15, 0.2) is 0 Å². The SMILES string of the molecule is NC(CC(=O)O)C(=O)O.NC(COC(=O)C(N)CCC(=O)O)C(=O)O. The lowest BCUT2D eigenvalue weighted by Crippen LogP contribution is -2.39. The molecule has 0 spiro atoms. The lowest BCUT2D eigenvalue weighted by atomic mass is 10.2. The second-order valence-corrected chi connectivity index (χ2v) is 4.66. The number of carbonyl (C=O) groups is 5. The number of esters is 1. The molecule has 0 aliphatic rings. The van der Waals surface area contributed by atoms with Crippen LogP contribution in [-0.4, -0.2) is 75.0 Å². The molecule has 0 rings (SSSR count). The number of aliphatic carboxylic acids is 4. The molecule has 0 saturated heterocycles. The zero-order valence-electron chi connectivity index (χ0n) is 13.0. The van der Waals surface area contributed by atoms with Gasteiger partial charge < -0.3 is 42.4 Å². The molecule has 0 saturated carbocycles. The predicted molar refractivity (Wildman–Crippen MR) is 79.3 cm³/mol. The average molecular weight is 367 g/mol. The lowest BCUT2D eigenvalue weighted by molar-refractivity contribution is -0.149. The summed E-state index contributed by atoms with van der Waals surface area (Å²) in [5.74, 6) is -5.74. The molecule has 25 heavy (non-hydrogen) atoms. The first-order valence-corrected chi connectivity index (χ1v) is 6.71. The van der Waals surface area contributed by atoms with Crippen LogP contribution in [0.1, 0.15) is 19.3 Å². The number of ether oxygens (including phenoxy) is 1. The van der Waals surface area contributed by atoms with Crippen LogP contribution in [0.25, 0.3) is 0 Å². The third-order valence-electron chi connectivity index (χ3n) is 2.41. The molecular weight excluding hydrogens is 346 g/mol. The van der Waals surface area contributed by atoms with Gasteiger partial charge in [0, 0.05) is 6.42 Å². The molecule has 0 radical (unpaired) electrons. The first-order valence-electron chi connectivity index (χ1n) is 6.71. The Morgan fingerprint density at radius 2 is 1.24 bits per heavy atom. The summed E-state index contributed by atoms with van der Waals surface area (Å²) in [6.45, 7) is -0.491. The molecule has 10 N–H and O–H groups in total. The fraction of sp³-hybridized carbons (Fsp3) is 0.583. The fourth-order valence-corrected chi connectivity index (χ4v) is 1.02. The van der Waals surface area contributed by atoms with Gasteiger partial charge in [-0.3, -0.25) is 24.0 Å². The smallest absolute Gasteiger partial charge is 0.324 e. The molecule has 0 fully saturated rings. The van der Waals surface area contributed by atoms with Crippen molar-refractivity contribution in [3.63, 3.8) is 0 Å². The Morgan fingerprint density at radius 1 is 0.760 bits per heavy atom. The van der Waals surface area contributed by atoms with Crippen LogP contribution in [0.3, 0.4) is 0 Å². The topological polar surface area (TPSA) is 254 Å². The third kappa shape index (κ3) is 14.5. The van der Waals surface area contributed by atoms with E-state index in [4.69, 9.17) is 37.6 Å². The van der Waals surface area contributed by atoms with Crippen molar-refractivity contribution in [2.45, 2.75) is 37.4 Å². The molecule has 3 atom stereocenters. The molecule has 0 aliphatic heterocycles. The van der Waals surface area contributed by atoms with Gasteiger partial charge in [0.25, 0.3) is 0 Å². The van der Waals surface area contributed by atoms with Crippen LogP contribution in [0.5, 0.6) is 0 Å². The summed E-state index contributed by atoms with van der Waals surface area (Å²) in [5, 5.41) is 32.7. The van der Waals surface area contributed by atoms with Gasteiger partial charge in [-0.25, -0.2) is 0 Å². The van der Waals surface area contributed by atoms with Crippen molar-refractivity contribution in [2.75, 3.05) is 6.61 Å². The van der Waals surface area contributed by atoms with Crippen molar-refractivity contribution < 1.29 is 49.1 Å². The summed E-state index contributed by atoms with van der Waals surface area (Å²) in [5.41, 5.74) is 15.2. The number of hydrogen-bond acceptors (Lipinski definition) is 9. The van der Waals surface area contributed by atoms with E-state index in [2.05, 4.69) is 4.74 Å². The number of carboxylic acid groups (broad SMARTS) is 4. The number of carbonyl (C=O) groups excluding carboxylic acids is 1. The van der Waals surface area contributed by atoms with E-state index < -0.39 is 61.0 Å². The summed E-state index contributed by atoms with van der Waals surface area (Å²) in [7, 11) is 0. The number of hydrogen-bond donors (Lipinski definition) is 7. The first-order chi connectivity index (χ1) is 11.4. The molecule has 0 aromatic rings. The van der Waals surface area contributed by atoms with Crippen LogP contribution in [-0.2, 0) is 28.7 Å². The molecular formula is C12H21N3O10. The van der Waals surface area contributed by atoms with Crippen molar-refractivity contribution in [2.24, 2.45) is 17.2 Å². The van der Waals surface area contributed by atoms with Gasteiger partial charge in [0.15, 0.2) is 0 Å². The van der Waals surface area contributed by atoms with Crippen LogP contribution in [0, 0.1) is 0 Å². The Hall–Kier alpha value is -2.77. The highest BCUT2D eigenvalue weighted by Crippen LogP contribution is 1.97. The normalized spacial score (nSPS) is 13.4. The van der Waals surface area contributed by atoms with Gasteiger partial charge in [0.2, 0.25) is 0 Å². The number of rotatable bonds is 10. The second-order valence-electron chi connectivity index (χ2n) is 4.66. The van der Waals surface area contributed by atoms with Crippen LogP contribution in [0.4, 0.5) is 0 Å². The van der Waals surface area contributed by atoms with Crippen LogP contribution >= 0.6 is 0 Å². The zero-order valence-corrected chi connectivity index (χ0v) is 13.0. The molecule has 0 heterocycles. The van der Waals surface area contributed by atoms with Crippen molar-refractivity contribution in [1.82, 2.24) is 0 Å². The minimum atomic E-state index is -1.31. The Kier molecular flexibility index (Phi) is 12.4. The summed E-state index contributed by atoms with van der Waals surface area (Å²) in [6, 6.07) is -3.68. The van der Waals surface area contributed by atoms with E-state index in [1.165, 1.54) is 0 Å². The second kappa shape index (κ2) is 12.6. The Balaban J connectivity index is 0. The van der Waals surface area contributed by atoms with Gasteiger partial charge in [0.05, 0.1) is 6.42 Å². The van der Waals surface area contributed by atoms with E-state index in [-0.39, 0.29) is 12.8 Å². The first kappa shape index (κ1) is 24.5. The van der Waals surface area contributed by atoms with Crippen molar-refractivity contribution in [3.05, 3.63) is 0 Å².